The zero-order chi connectivity index (χ0) is 11.6. The Morgan fingerprint density at radius 3 is 2.50 bits per heavy atom. The Labute approximate surface area is 100 Å². The lowest BCUT2D eigenvalue weighted by molar-refractivity contribution is 0.568. The van der Waals surface area contributed by atoms with E-state index in [1.54, 1.807) is 0 Å². The largest absolute Gasteiger partial charge is 0.316 e. The Hall–Kier alpha value is -0.820. The molecule has 0 fully saturated rings. The van der Waals surface area contributed by atoms with Gasteiger partial charge in [-0.3, -0.25) is 0 Å². The van der Waals surface area contributed by atoms with Gasteiger partial charge in [0.2, 0.25) is 0 Å². The lowest BCUT2D eigenvalue weighted by atomic mass is 10.0. The Bertz CT molecular complexity index is 255. The maximum absolute atomic E-state index is 3.54. The lowest BCUT2D eigenvalue weighted by Gasteiger charge is -2.12. The van der Waals surface area contributed by atoms with Gasteiger partial charge in [-0.2, -0.15) is 0 Å². The molecule has 0 saturated carbocycles. The summed E-state index contributed by atoms with van der Waals surface area (Å²) in [5, 5.41) is 3.54. The van der Waals surface area contributed by atoms with Crippen molar-refractivity contribution in [3.8, 4) is 0 Å². The van der Waals surface area contributed by atoms with E-state index in [4.69, 9.17) is 0 Å². The van der Waals surface area contributed by atoms with E-state index in [1.165, 1.54) is 31.2 Å². The second-order valence-corrected chi connectivity index (χ2v) is 4.58. The van der Waals surface area contributed by atoms with Gasteiger partial charge in [-0.15, -0.1) is 0 Å². The highest BCUT2D eigenvalue weighted by Crippen LogP contribution is 2.12. The summed E-state index contributed by atoms with van der Waals surface area (Å²) in [4.78, 5) is 0. The van der Waals surface area contributed by atoms with Gasteiger partial charge in [-0.25, -0.2) is 0 Å². The van der Waals surface area contributed by atoms with Crippen LogP contribution in [0.1, 0.15) is 51.0 Å². The van der Waals surface area contributed by atoms with Crippen LogP contribution >= 0.6 is 0 Å². The molecular weight excluding hydrogens is 194 g/mol. The minimum absolute atomic E-state index is 0.618. The summed E-state index contributed by atoms with van der Waals surface area (Å²) in [6, 6.07) is 10.7. The van der Waals surface area contributed by atoms with Crippen molar-refractivity contribution in [1.82, 2.24) is 5.32 Å². The second kappa shape index (κ2) is 8.35. The summed E-state index contributed by atoms with van der Waals surface area (Å²) >= 11 is 0. The maximum Gasteiger partial charge on any atom is 0.00174 e. The first-order chi connectivity index (χ1) is 7.84. The number of rotatable bonds is 8. The first kappa shape index (κ1) is 13.2. The van der Waals surface area contributed by atoms with Gasteiger partial charge in [0, 0.05) is 6.54 Å². The molecule has 0 saturated heterocycles. The van der Waals surface area contributed by atoms with Crippen molar-refractivity contribution in [2.75, 3.05) is 13.1 Å². The maximum atomic E-state index is 3.54. The predicted octanol–water partition coefficient (Wildman–Crippen LogP) is 3.96. The van der Waals surface area contributed by atoms with Crippen molar-refractivity contribution >= 4 is 0 Å². The van der Waals surface area contributed by atoms with Crippen LogP contribution in [0.15, 0.2) is 30.3 Å². The average molecular weight is 219 g/mol. The van der Waals surface area contributed by atoms with Crippen molar-refractivity contribution in [2.45, 2.75) is 45.4 Å². The van der Waals surface area contributed by atoms with Crippen LogP contribution in [0.3, 0.4) is 0 Å². The van der Waals surface area contributed by atoms with Crippen molar-refractivity contribution < 1.29 is 0 Å². The van der Waals surface area contributed by atoms with Crippen LogP contribution in [0.25, 0.3) is 0 Å². The Morgan fingerprint density at radius 2 is 1.81 bits per heavy atom. The van der Waals surface area contributed by atoms with Crippen molar-refractivity contribution in [1.29, 1.82) is 0 Å². The fourth-order valence-electron chi connectivity index (χ4n) is 1.89. The third-order valence-electron chi connectivity index (χ3n) is 3.03. The number of nitrogens with one attached hydrogen (secondary N) is 1. The molecular formula is C15H25N. The van der Waals surface area contributed by atoms with Crippen LogP contribution in [-0.4, -0.2) is 13.1 Å². The van der Waals surface area contributed by atoms with E-state index in [1.807, 2.05) is 0 Å². The number of hydrogen-bond donors (Lipinski definition) is 1. The molecule has 1 atom stereocenters. The molecule has 1 N–H and O–H groups in total. The molecule has 1 aromatic carbocycles. The Kier molecular flexibility index (Phi) is 6.91. The molecule has 1 unspecified atom stereocenters. The highest BCUT2D eigenvalue weighted by Gasteiger charge is 2.02. The van der Waals surface area contributed by atoms with Crippen LogP contribution in [0, 0.1) is 0 Å². The van der Waals surface area contributed by atoms with Gasteiger partial charge >= 0.3 is 0 Å². The Balaban J connectivity index is 2.09. The molecule has 0 heterocycles. The fourth-order valence-corrected chi connectivity index (χ4v) is 1.89. The summed E-state index contributed by atoms with van der Waals surface area (Å²) in [6.45, 7) is 6.80. The minimum Gasteiger partial charge on any atom is -0.316 e. The molecule has 1 aromatic rings. The van der Waals surface area contributed by atoms with Crippen molar-refractivity contribution in [2.24, 2.45) is 0 Å². The van der Waals surface area contributed by atoms with Crippen LogP contribution in [-0.2, 0) is 0 Å². The summed E-state index contributed by atoms with van der Waals surface area (Å²) < 4.78 is 0. The third kappa shape index (κ3) is 5.32. The second-order valence-electron chi connectivity index (χ2n) is 4.58. The van der Waals surface area contributed by atoms with Crippen LogP contribution in [0.5, 0.6) is 0 Å². The van der Waals surface area contributed by atoms with E-state index >= 15 is 0 Å². The summed E-state index contributed by atoms with van der Waals surface area (Å²) in [6.07, 6.45) is 5.37. The van der Waals surface area contributed by atoms with Gasteiger partial charge in [0.25, 0.3) is 0 Å². The molecule has 0 radical (unpaired) electrons. The SMILES string of the molecule is CCCCCCNCC(C)c1ccccc1. The summed E-state index contributed by atoms with van der Waals surface area (Å²) in [5.41, 5.74) is 1.43. The molecule has 0 bridgehead atoms. The van der Waals surface area contributed by atoms with Gasteiger partial charge in [0.15, 0.2) is 0 Å². The molecule has 0 aromatic heterocycles. The van der Waals surface area contributed by atoms with Gasteiger partial charge in [-0.1, -0.05) is 63.4 Å². The fraction of sp³-hybridized carbons (Fsp3) is 0.600. The van der Waals surface area contributed by atoms with Gasteiger partial charge in [-0.05, 0) is 24.4 Å². The first-order valence-corrected chi connectivity index (χ1v) is 6.60. The third-order valence-corrected chi connectivity index (χ3v) is 3.03. The normalized spacial score (nSPS) is 12.6. The highest BCUT2D eigenvalue weighted by atomic mass is 14.8. The zero-order valence-corrected chi connectivity index (χ0v) is 10.7. The monoisotopic (exact) mass is 219 g/mol. The summed E-state index contributed by atoms with van der Waals surface area (Å²) in [7, 11) is 0. The molecule has 1 nitrogen and oxygen atoms in total. The van der Waals surface area contributed by atoms with Crippen LogP contribution in [0.2, 0.25) is 0 Å². The first-order valence-electron chi connectivity index (χ1n) is 6.60. The van der Waals surface area contributed by atoms with Crippen molar-refractivity contribution in [3.05, 3.63) is 35.9 Å². The smallest absolute Gasteiger partial charge is 0.00174 e. The molecule has 0 aliphatic carbocycles. The molecule has 0 aliphatic heterocycles. The van der Waals surface area contributed by atoms with Crippen molar-refractivity contribution in [3.63, 3.8) is 0 Å². The topological polar surface area (TPSA) is 12.0 Å². The molecule has 1 rings (SSSR count). The molecule has 1 heteroatoms. The minimum atomic E-state index is 0.618. The van der Waals surface area contributed by atoms with E-state index in [2.05, 4.69) is 49.5 Å². The number of benzene rings is 1. The van der Waals surface area contributed by atoms with Crippen LogP contribution < -0.4 is 5.32 Å². The molecule has 90 valence electrons. The Morgan fingerprint density at radius 1 is 1.06 bits per heavy atom. The van der Waals surface area contributed by atoms with Gasteiger partial charge in [0.1, 0.15) is 0 Å². The van der Waals surface area contributed by atoms with E-state index in [0.29, 0.717) is 5.92 Å². The predicted molar refractivity (Wildman–Crippen MR) is 71.9 cm³/mol. The quantitative estimate of drug-likeness (QED) is 0.653. The lowest BCUT2D eigenvalue weighted by Crippen LogP contribution is -2.21. The van der Waals surface area contributed by atoms with E-state index < -0.39 is 0 Å². The average Bonchev–Trinajstić information content (AvgIpc) is 2.34. The summed E-state index contributed by atoms with van der Waals surface area (Å²) in [5.74, 6) is 0.618. The zero-order valence-electron chi connectivity index (χ0n) is 10.7. The molecule has 0 spiro atoms. The standard InChI is InChI=1S/C15H25N/c1-3-4-5-9-12-16-13-14(2)15-10-7-6-8-11-15/h6-8,10-11,14,16H,3-5,9,12-13H2,1-2H3. The van der Waals surface area contributed by atoms with E-state index in [-0.39, 0.29) is 0 Å². The van der Waals surface area contributed by atoms with E-state index in [9.17, 15) is 0 Å². The van der Waals surface area contributed by atoms with Gasteiger partial charge < -0.3 is 5.32 Å². The molecule has 0 amide bonds. The van der Waals surface area contributed by atoms with Crippen LogP contribution in [0.4, 0.5) is 0 Å². The van der Waals surface area contributed by atoms with Gasteiger partial charge in [0.05, 0.1) is 0 Å². The van der Waals surface area contributed by atoms with E-state index in [0.717, 1.165) is 13.1 Å². The molecule has 0 aliphatic rings. The highest BCUT2D eigenvalue weighted by molar-refractivity contribution is 5.18. The molecule has 16 heavy (non-hydrogen) atoms. The number of hydrogen-bond acceptors (Lipinski definition) is 1. The number of unbranched alkanes of at least 4 members (excludes halogenated alkanes) is 3.